The smallest absolute Gasteiger partial charge is 0.0780 e. The van der Waals surface area contributed by atoms with Gasteiger partial charge in [-0.2, -0.15) is 5.10 Å². The van der Waals surface area contributed by atoms with E-state index in [4.69, 9.17) is 5.73 Å². The zero-order valence-corrected chi connectivity index (χ0v) is 10.9. The van der Waals surface area contributed by atoms with Crippen molar-refractivity contribution >= 4 is 44.2 Å². The van der Waals surface area contributed by atoms with Crippen LogP contribution < -0.4 is 5.73 Å². The summed E-state index contributed by atoms with van der Waals surface area (Å²) in [5.41, 5.74) is 7.47. The van der Waals surface area contributed by atoms with Gasteiger partial charge < -0.3 is 5.73 Å². The summed E-state index contributed by atoms with van der Waals surface area (Å²) in [7, 11) is 0. The molecule has 14 heavy (non-hydrogen) atoms. The van der Waals surface area contributed by atoms with E-state index in [2.05, 4.69) is 43.6 Å². The van der Waals surface area contributed by atoms with Crippen LogP contribution in [0, 0.1) is 3.57 Å². The zero-order valence-electron chi connectivity index (χ0n) is 7.11. The van der Waals surface area contributed by atoms with Crippen LogP contribution in [0.3, 0.4) is 0 Å². The summed E-state index contributed by atoms with van der Waals surface area (Å²) in [5, 5.41) is 4.20. The van der Waals surface area contributed by atoms with E-state index in [1.165, 1.54) is 0 Å². The predicted molar refractivity (Wildman–Crippen MR) is 68.4 cm³/mol. The van der Waals surface area contributed by atoms with Gasteiger partial charge in [-0.3, -0.25) is 0 Å². The summed E-state index contributed by atoms with van der Waals surface area (Å²) >= 11 is 5.60. The molecule has 72 valence electrons. The highest BCUT2D eigenvalue weighted by atomic mass is 127. The zero-order chi connectivity index (χ0) is 10.1. The molecular formula is C9H7BrIN3. The summed E-state index contributed by atoms with van der Waals surface area (Å²) in [4.78, 5) is 0. The van der Waals surface area contributed by atoms with Gasteiger partial charge in [0.05, 0.1) is 16.4 Å². The first-order valence-electron chi connectivity index (χ1n) is 3.92. The number of rotatable bonds is 1. The molecule has 0 aliphatic rings. The number of nitrogen functional groups attached to an aromatic ring is 1. The largest absolute Gasteiger partial charge is 0.399 e. The van der Waals surface area contributed by atoms with Crippen LogP contribution in [-0.2, 0) is 0 Å². The normalized spacial score (nSPS) is 10.4. The van der Waals surface area contributed by atoms with E-state index in [0.29, 0.717) is 0 Å². The Hall–Kier alpha value is -0.560. The van der Waals surface area contributed by atoms with Crippen LogP contribution in [0.5, 0.6) is 0 Å². The number of benzene rings is 1. The second-order valence-electron chi connectivity index (χ2n) is 2.81. The van der Waals surface area contributed by atoms with E-state index < -0.39 is 0 Å². The molecule has 0 atom stereocenters. The van der Waals surface area contributed by atoms with E-state index in [0.717, 1.165) is 19.4 Å². The van der Waals surface area contributed by atoms with E-state index >= 15 is 0 Å². The van der Waals surface area contributed by atoms with Crippen LogP contribution in [-0.4, -0.2) is 9.78 Å². The SMILES string of the molecule is Nc1ccc(-n2cc(Br)cn2)c(I)c1. The van der Waals surface area contributed by atoms with Crippen LogP contribution in [0.1, 0.15) is 0 Å². The third kappa shape index (κ3) is 1.93. The Bertz CT molecular complexity index is 467. The van der Waals surface area contributed by atoms with E-state index in [9.17, 15) is 0 Å². The van der Waals surface area contributed by atoms with E-state index in [-0.39, 0.29) is 0 Å². The third-order valence-corrected chi connectivity index (χ3v) is 3.04. The molecule has 0 aliphatic carbocycles. The molecule has 5 heteroatoms. The monoisotopic (exact) mass is 363 g/mol. The number of hydrogen-bond acceptors (Lipinski definition) is 2. The van der Waals surface area contributed by atoms with Crippen LogP contribution in [0.15, 0.2) is 35.1 Å². The fraction of sp³-hybridized carbons (Fsp3) is 0. The van der Waals surface area contributed by atoms with Crippen molar-refractivity contribution < 1.29 is 0 Å². The van der Waals surface area contributed by atoms with Crippen molar-refractivity contribution in [2.45, 2.75) is 0 Å². The molecule has 0 saturated carbocycles. The molecule has 0 saturated heterocycles. The van der Waals surface area contributed by atoms with Gasteiger partial charge in [0.1, 0.15) is 0 Å². The minimum atomic E-state index is 0.768. The first kappa shape index (κ1) is 9.97. The standard InChI is InChI=1S/C9H7BrIN3/c10-6-4-13-14(5-6)9-2-1-7(12)3-8(9)11/h1-5H,12H2. The summed E-state index contributed by atoms with van der Waals surface area (Å²) in [6.07, 6.45) is 3.67. The number of aromatic nitrogens is 2. The van der Waals surface area contributed by atoms with Gasteiger partial charge in [0, 0.05) is 15.5 Å². The molecule has 2 N–H and O–H groups in total. The van der Waals surface area contributed by atoms with Crippen LogP contribution in [0.4, 0.5) is 5.69 Å². The van der Waals surface area contributed by atoms with Gasteiger partial charge >= 0.3 is 0 Å². The van der Waals surface area contributed by atoms with Crippen molar-refractivity contribution in [3.63, 3.8) is 0 Å². The maximum atomic E-state index is 5.67. The first-order chi connectivity index (χ1) is 6.66. The molecular weight excluding hydrogens is 357 g/mol. The summed E-state index contributed by atoms with van der Waals surface area (Å²) in [5.74, 6) is 0. The van der Waals surface area contributed by atoms with Gasteiger partial charge in [0.25, 0.3) is 0 Å². The second kappa shape index (κ2) is 3.90. The predicted octanol–water partition coefficient (Wildman–Crippen LogP) is 2.82. The lowest BCUT2D eigenvalue weighted by Gasteiger charge is -2.04. The van der Waals surface area contributed by atoms with Gasteiger partial charge in [-0.25, -0.2) is 4.68 Å². The molecule has 0 fully saturated rings. The Kier molecular flexibility index (Phi) is 2.78. The Morgan fingerprint density at radius 2 is 2.21 bits per heavy atom. The highest BCUT2D eigenvalue weighted by Gasteiger charge is 2.03. The molecule has 1 aromatic heterocycles. The Morgan fingerprint density at radius 3 is 2.79 bits per heavy atom. The molecule has 2 rings (SSSR count). The van der Waals surface area contributed by atoms with E-state index in [1.807, 2.05) is 29.1 Å². The Balaban J connectivity index is 2.52. The number of nitrogens with two attached hydrogens (primary N) is 1. The van der Waals surface area contributed by atoms with Crippen LogP contribution in [0.2, 0.25) is 0 Å². The molecule has 1 heterocycles. The lowest BCUT2D eigenvalue weighted by Crippen LogP contribution is -1.98. The van der Waals surface area contributed by atoms with Crippen molar-refractivity contribution in [2.24, 2.45) is 0 Å². The molecule has 0 unspecified atom stereocenters. The number of halogens is 2. The van der Waals surface area contributed by atoms with Crippen molar-refractivity contribution in [3.05, 3.63) is 38.6 Å². The topological polar surface area (TPSA) is 43.8 Å². The van der Waals surface area contributed by atoms with Crippen molar-refractivity contribution in [1.82, 2.24) is 9.78 Å². The van der Waals surface area contributed by atoms with Crippen molar-refractivity contribution in [1.29, 1.82) is 0 Å². The maximum absolute atomic E-state index is 5.67. The maximum Gasteiger partial charge on any atom is 0.0780 e. The molecule has 1 aromatic carbocycles. The first-order valence-corrected chi connectivity index (χ1v) is 5.79. The summed E-state index contributed by atoms with van der Waals surface area (Å²) < 4.78 is 3.86. The quantitative estimate of drug-likeness (QED) is 0.625. The molecule has 0 radical (unpaired) electrons. The Morgan fingerprint density at radius 1 is 1.43 bits per heavy atom. The highest BCUT2D eigenvalue weighted by molar-refractivity contribution is 14.1. The van der Waals surface area contributed by atoms with Gasteiger partial charge in [-0.1, -0.05) is 0 Å². The third-order valence-electron chi connectivity index (χ3n) is 1.77. The van der Waals surface area contributed by atoms with E-state index in [1.54, 1.807) is 6.20 Å². The highest BCUT2D eigenvalue weighted by Crippen LogP contribution is 2.20. The van der Waals surface area contributed by atoms with Gasteiger partial charge in [0.2, 0.25) is 0 Å². The second-order valence-corrected chi connectivity index (χ2v) is 4.89. The number of hydrogen-bond donors (Lipinski definition) is 1. The lowest BCUT2D eigenvalue weighted by atomic mass is 10.3. The minimum absolute atomic E-state index is 0.768. The fourth-order valence-corrected chi connectivity index (χ4v) is 2.21. The molecule has 0 amide bonds. The van der Waals surface area contributed by atoms with Crippen molar-refractivity contribution in [3.8, 4) is 5.69 Å². The fourth-order valence-electron chi connectivity index (χ4n) is 1.14. The minimum Gasteiger partial charge on any atom is -0.399 e. The number of anilines is 1. The molecule has 0 aliphatic heterocycles. The van der Waals surface area contributed by atoms with Gasteiger partial charge in [-0.05, 0) is 56.7 Å². The molecule has 3 nitrogen and oxygen atoms in total. The van der Waals surface area contributed by atoms with Crippen molar-refractivity contribution in [2.75, 3.05) is 5.73 Å². The molecule has 0 spiro atoms. The summed E-state index contributed by atoms with van der Waals surface area (Å²) in [6, 6.07) is 5.75. The van der Waals surface area contributed by atoms with Gasteiger partial charge in [-0.15, -0.1) is 0 Å². The lowest BCUT2D eigenvalue weighted by molar-refractivity contribution is 0.876. The van der Waals surface area contributed by atoms with Crippen LogP contribution in [0.25, 0.3) is 5.69 Å². The average molecular weight is 364 g/mol. The number of nitrogens with zero attached hydrogens (tertiary/aromatic N) is 2. The van der Waals surface area contributed by atoms with Crippen LogP contribution >= 0.6 is 38.5 Å². The molecule has 0 bridgehead atoms. The van der Waals surface area contributed by atoms with Gasteiger partial charge in [0.15, 0.2) is 0 Å². The Labute approximate surface area is 104 Å². The summed E-state index contributed by atoms with van der Waals surface area (Å²) in [6.45, 7) is 0. The molecule has 2 aromatic rings. The average Bonchev–Trinajstić information content (AvgIpc) is 2.51.